The van der Waals surface area contributed by atoms with Crippen LogP contribution < -0.4 is 15.0 Å². The molecule has 192 valence electrons. The molecule has 0 bridgehead atoms. The van der Waals surface area contributed by atoms with E-state index in [1.54, 1.807) is 36.5 Å². The van der Waals surface area contributed by atoms with Crippen molar-refractivity contribution < 1.29 is 13.9 Å². The summed E-state index contributed by atoms with van der Waals surface area (Å²) in [6.07, 6.45) is 2.40. The number of halogens is 3. The minimum Gasteiger partial charge on any atom is -0.490 e. The van der Waals surface area contributed by atoms with Gasteiger partial charge in [-0.3, -0.25) is 4.79 Å². The molecule has 0 saturated carbocycles. The van der Waals surface area contributed by atoms with Gasteiger partial charge in [0.15, 0.2) is 11.5 Å². The van der Waals surface area contributed by atoms with E-state index in [9.17, 15) is 9.18 Å². The first kappa shape index (κ1) is 27.0. The molecule has 37 heavy (non-hydrogen) atoms. The summed E-state index contributed by atoms with van der Waals surface area (Å²) in [6.45, 7) is 6.55. The Labute approximate surface area is 231 Å². The molecule has 1 aromatic heterocycles. The van der Waals surface area contributed by atoms with Crippen LogP contribution in [0.2, 0.25) is 0 Å². The number of benzene rings is 3. The van der Waals surface area contributed by atoms with Gasteiger partial charge in [-0.2, -0.15) is 9.78 Å². The maximum Gasteiger partial charge on any atom is 0.282 e. The van der Waals surface area contributed by atoms with Gasteiger partial charge in [-0.1, -0.05) is 41.9 Å². The summed E-state index contributed by atoms with van der Waals surface area (Å²) >= 11 is 7.01. The van der Waals surface area contributed by atoms with Crippen molar-refractivity contribution in [3.8, 4) is 11.5 Å². The van der Waals surface area contributed by atoms with E-state index in [1.165, 1.54) is 16.8 Å². The Morgan fingerprint density at radius 3 is 2.59 bits per heavy atom. The van der Waals surface area contributed by atoms with Crippen molar-refractivity contribution in [1.82, 2.24) is 9.66 Å². The highest BCUT2D eigenvalue weighted by atomic mass is 79.9. The lowest BCUT2D eigenvalue weighted by Gasteiger charge is -2.15. The third kappa shape index (κ3) is 6.27. The summed E-state index contributed by atoms with van der Waals surface area (Å²) in [6, 6.07) is 15.3. The van der Waals surface area contributed by atoms with Crippen LogP contribution in [0, 0.1) is 5.82 Å². The molecule has 9 heteroatoms. The molecule has 0 saturated heterocycles. The maximum absolute atomic E-state index is 13.5. The number of fused-ring (bicyclic) bond motifs is 1. The number of hydrogen-bond donors (Lipinski definition) is 0. The van der Waals surface area contributed by atoms with Gasteiger partial charge in [0.05, 0.1) is 23.7 Å². The molecule has 0 spiro atoms. The molecule has 1 heterocycles. The molecule has 4 rings (SSSR count). The Balaban J connectivity index is 1.72. The van der Waals surface area contributed by atoms with Gasteiger partial charge in [-0.15, -0.1) is 0 Å². The lowest BCUT2D eigenvalue weighted by atomic mass is 10.1. The van der Waals surface area contributed by atoms with Crippen molar-refractivity contribution in [2.45, 2.75) is 39.7 Å². The van der Waals surface area contributed by atoms with E-state index in [0.29, 0.717) is 50.4 Å². The van der Waals surface area contributed by atoms with Crippen LogP contribution in [-0.4, -0.2) is 22.5 Å². The Morgan fingerprint density at radius 1 is 1.08 bits per heavy atom. The molecule has 3 aromatic carbocycles. The van der Waals surface area contributed by atoms with Gasteiger partial charge in [0, 0.05) is 20.4 Å². The Hall–Kier alpha value is -3.04. The van der Waals surface area contributed by atoms with Gasteiger partial charge in [0.2, 0.25) is 0 Å². The highest BCUT2D eigenvalue weighted by molar-refractivity contribution is 9.10. The van der Waals surface area contributed by atoms with E-state index in [0.717, 1.165) is 10.9 Å². The highest BCUT2D eigenvalue weighted by Gasteiger charge is 2.16. The van der Waals surface area contributed by atoms with Crippen LogP contribution in [0.25, 0.3) is 10.9 Å². The normalized spacial score (nSPS) is 12.3. The number of hydrogen-bond acceptors (Lipinski definition) is 5. The van der Waals surface area contributed by atoms with Crippen molar-refractivity contribution in [2.75, 3.05) is 6.61 Å². The number of nitrogens with zero attached hydrogens (tertiary/aromatic N) is 3. The number of aromatic nitrogens is 2. The third-order valence-electron chi connectivity index (χ3n) is 5.85. The summed E-state index contributed by atoms with van der Waals surface area (Å²) in [5.41, 5.74) is 1.79. The molecule has 0 radical (unpaired) electrons. The summed E-state index contributed by atoms with van der Waals surface area (Å²) in [5, 5.41) is 5.03. The monoisotopic (exact) mass is 629 g/mol. The summed E-state index contributed by atoms with van der Waals surface area (Å²) < 4.78 is 28.1. The molecule has 0 unspecified atom stereocenters. The second-order valence-corrected chi connectivity index (χ2v) is 10.2. The van der Waals surface area contributed by atoms with E-state index in [4.69, 9.17) is 14.5 Å². The standard InChI is InChI=1S/C28H26Br2FN3O3/c1-4-17(3)27-33-24-10-9-20(29)13-22(24)28(35)34(27)32-15-19-12-25(36-5-2)26(14-23(19)30)37-16-18-7-6-8-21(31)11-18/h6-15,17H,4-5,16H2,1-3H3/t17-/m0/s1. The molecule has 1 atom stereocenters. The first-order chi connectivity index (χ1) is 17.8. The van der Waals surface area contributed by atoms with Gasteiger partial charge >= 0.3 is 0 Å². The SMILES string of the molecule is CCOc1cc(C=Nn2c([C@@H](C)CC)nc3ccc(Br)cc3c2=O)c(Br)cc1OCc1cccc(F)c1. The highest BCUT2D eigenvalue weighted by Crippen LogP contribution is 2.34. The average molecular weight is 631 g/mol. The molecule has 0 N–H and O–H groups in total. The van der Waals surface area contributed by atoms with Crippen LogP contribution in [0.15, 0.2) is 73.4 Å². The van der Waals surface area contributed by atoms with Gasteiger partial charge in [-0.25, -0.2) is 9.37 Å². The minimum absolute atomic E-state index is 0.0268. The van der Waals surface area contributed by atoms with E-state index in [2.05, 4.69) is 37.0 Å². The van der Waals surface area contributed by atoms with Gasteiger partial charge in [0.1, 0.15) is 18.2 Å². The first-order valence-electron chi connectivity index (χ1n) is 11.9. The van der Waals surface area contributed by atoms with E-state index < -0.39 is 0 Å². The molecule has 6 nitrogen and oxygen atoms in total. The molecule has 0 amide bonds. The van der Waals surface area contributed by atoms with Crippen molar-refractivity contribution >= 4 is 49.0 Å². The van der Waals surface area contributed by atoms with Gasteiger partial charge in [0.25, 0.3) is 5.56 Å². The lowest BCUT2D eigenvalue weighted by Crippen LogP contribution is -2.23. The Kier molecular flexibility index (Phi) is 8.76. The second kappa shape index (κ2) is 12.0. The van der Waals surface area contributed by atoms with Crippen LogP contribution in [0.3, 0.4) is 0 Å². The third-order valence-corrected chi connectivity index (χ3v) is 7.03. The van der Waals surface area contributed by atoms with Crippen molar-refractivity contribution in [2.24, 2.45) is 5.10 Å². The molecular weight excluding hydrogens is 605 g/mol. The topological polar surface area (TPSA) is 65.7 Å². The fraction of sp³-hybridized carbons (Fsp3) is 0.250. The van der Waals surface area contributed by atoms with Crippen molar-refractivity contribution in [3.05, 3.63) is 96.7 Å². The largest absolute Gasteiger partial charge is 0.490 e. The number of ether oxygens (including phenoxy) is 2. The predicted molar refractivity (Wildman–Crippen MR) is 151 cm³/mol. The van der Waals surface area contributed by atoms with Crippen LogP contribution >= 0.6 is 31.9 Å². The van der Waals surface area contributed by atoms with E-state index in [1.807, 2.05) is 32.9 Å². The van der Waals surface area contributed by atoms with Crippen molar-refractivity contribution in [1.29, 1.82) is 0 Å². The fourth-order valence-corrected chi connectivity index (χ4v) is 4.50. The number of rotatable bonds is 9. The average Bonchev–Trinajstić information content (AvgIpc) is 2.88. The molecule has 0 aliphatic heterocycles. The van der Waals surface area contributed by atoms with E-state index in [-0.39, 0.29) is 23.9 Å². The zero-order chi connectivity index (χ0) is 26.5. The predicted octanol–water partition coefficient (Wildman–Crippen LogP) is 7.43. The quantitative estimate of drug-likeness (QED) is 0.180. The summed E-state index contributed by atoms with van der Waals surface area (Å²) in [7, 11) is 0. The Bertz CT molecular complexity index is 1520. The van der Waals surface area contributed by atoms with E-state index >= 15 is 0 Å². The zero-order valence-electron chi connectivity index (χ0n) is 20.7. The second-order valence-electron chi connectivity index (χ2n) is 8.47. The van der Waals surface area contributed by atoms with Crippen LogP contribution in [-0.2, 0) is 6.61 Å². The minimum atomic E-state index is -0.318. The van der Waals surface area contributed by atoms with Crippen LogP contribution in [0.5, 0.6) is 11.5 Å². The van der Waals surface area contributed by atoms with Crippen LogP contribution in [0.1, 0.15) is 50.1 Å². The first-order valence-corrected chi connectivity index (χ1v) is 13.5. The fourth-order valence-electron chi connectivity index (χ4n) is 3.72. The molecule has 4 aromatic rings. The van der Waals surface area contributed by atoms with Gasteiger partial charge < -0.3 is 9.47 Å². The smallest absolute Gasteiger partial charge is 0.282 e. The van der Waals surface area contributed by atoms with Crippen molar-refractivity contribution in [3.63, 3.8) is 0 Å². The molecule has 0 aliphatic rings. The maximum atomic E-state index is 13.5. The molecular formula is C28H26Br2FN3O3. The zero-order valence-corrected chi connectivity index (χ0v) is 23.8. The van der Waals surface area contributed by atoms with Gasteiger partial charge in [-0.05, 0) is 77.3 Å². The Morgan fingerprint density at radius 2 is 1.86 bits per heavy atom. The summed E-state index contributed by atoms with van der Waals surface area (Å²) in [5.74, 6) is 1.32. The molecule has 0 fully saturated rings. The summed E-state index contributed by atoms with van der Waals surface area (Å²) in [4.78, 5) is 18.1. The molecule has 0 aliphatic carbocycles. The van der Waals surface area contributed by atoms with Crippen LogP contribution in [0.4, 0.5) is 4.39 Å². The lowest BCUT2D eigenvalue weighted by molar-refractivity contribution is 0.269.